The maximum absolute atomic E-state index is 11.4. The molecule has 0 amide bonds. The van der Waals surface area contributed by atoms with Crippen molar-refractivity contribution in [2.45, 2.75) is 13.3 Å². The first kappa shape index (κ1) is 11.9. The minimum absolute atomic E-state index is 0.0859. The number of sulfonamides is 1. The monoisotopic (exact) mass is 230 g/mol. The van der Waals surface area contributed by atoms with E-state index in [1.54, 1.807) is 12.1 Å². The number of aliphatic hydroxyl groups excluding tert-OH is 1. The van der Waals surface area contributed by atoms with E-state index in [9.17, 15) is 8.42 Å². The quantitative estimate of drug-likeness (QED) is 0.772. The molecule has 0 aliphatic carbocycles. The van der Waals surface area contributed by atoms with E-state index in [0.717, 1.165) is 5.69 Å². The Labute approximate surface area is 89.2 Å². The highest BCUT2D eigenvalue weighted by atomic mass is 32.2. The number of pyridine rings is 1. The Morgan fingerprint density at radius 3 is 2.73 bits per heavy atom. The number of aromatic nitrogens is 1. The van der Waals surface area contributed by atoms with E-state index in [0.29, 0.717) is 5.69 Å². The second-order valence-electron chi connectivity index (χ2n) is 3.19. The third-order valence-electron chi connectivity index (χ3n) is 1.76. The van der Waals surface area contributed by atoms with E-state index in [-0.39, 0.29) is 18.8 Å². The summed E-state index contributed by atoms with van der Waals surface area (Å²) in [7, 11) is -3.36. The SMILES string of the molecule is Cc1ccc(NS(=O)(=O)CCCO)cn1. The number of hydrogen-bond acceptors (Lipinski definition) is 4. The third-order valence-corrected chi connectivity index (χ3v) is 3.13. The van der Waals surface area contributed by atoms with Gasteiger partial charge in [0.25, 0.3) is 0 Å². The predicted molar refractivity (Wildman–Crippen MR) is 58.1 cm³/mol. The zero-order chi connectivity index (χ0) is 11.3. The fourth-order valence-corrected chi connectivity index (χ4v) is 2.10. The Morgan fingerprint density at radius 1 is 1.47 bits per heavy atom. The van der Waals surface area contributed by atoms with Gasteiger partial charge < -0.3 is 5.11 Å². The highest BCUT2D eigenvalue weighted by Gasteiger charge is 2.09. The van der Waals surface area contributed by atoms with Crippen LogP contribution in [0.5, 0.6) is 0 Å². The Bertz CT molecular complexity index is 400. The summed E-state index contributed by atoms with van der Waals surface area (Å²) in [6.07, 6.45) is 1.69. The van der Waals surface area contributed by atoms with Crippen molar-refractivity contribution in [3.8, 4) is 0 Å². The molecule has 5 nitrogen and oxygen atoms in total. The van der Waals surface area contributed by atoms with Gasteiger partial charge in [0, 0.05) is 12.3 Å². The molecule has 1 heterocycles. The third kappa shape index (κ3) is 4.26. The van der Waals surface area contributed by atoms with Crippen molar-refractivity contribution in [3.63, 3.8) is 0 Å². The van der Waals surface area contributed by atoms with Gasteiger partial charge in [-0.3, -0.25) is 9.71 Å². The van der Waals surface area contributed by atoms with Crippen LogP contribution in [0, 0.1) is 6.92 Å². The first-order chi connectivity index (χ1) is 7.03. The second kappa shape index (κ2) is 5.09. The van der Waals surface area contributed by atoms with Crippen LogP contribution in [-0.4, -0.2) is 30.9 Å². The molecule has 1 rings (SSSR count). The van der Waals surface area contributed by atoms with Crippen molar-refractivity contribution < 1.29 is 13.5 Å². The van der Waals surface area contributed by atoms with E-state index < -0.39 is 10.0 Å². The van der Waals surface area contributed by atoms with Gasteiger partial charge in [0.1, 0.15) is 0 Å². The molecular formula is C9H14N2O3S. The molecule has 0 saturated heterocycles. The Balaban J connectivity index is 2.65. The summed E-state index contributed by atoms with van der Waals surface area (Å²) in [5.74, 6) is -0.0859. The normalized spacial score (nSPS) is 11.3. The maximum atomic E-state index is 11.4. The van der Waals surface area contributed by atoms with Gasteiger partial charge in [-0.25, -0.2) is 8.42 Å². The molecule has 0 radical (unpaired) electrons. The molecule has 0 fully saturated rings. The molecule has 0 aromatic carbocycles. The minimum Gasteiger partial charge on any atom is -0.396 e. The summed E-state index contributed by atoms with van der Waals surface area (Å²) in [5, 5.41) is 8.53. The molecule has 1 aromatic heterocycles. The standard InChI is InChI=1S/C9H14N2O3S/c1-8-3-4-9(7-10-8)11-15(13,14)6-2-5-12/h3-4,7,11-12H,2,5-6H2,1H3. The highest BCUT2D eigenvalue weighted by Crippen LogP contribution is 2.08. The number of nitrogens with zero attached hydrogens (tertiary/aromatic N) is 1. The molecule has 0 aliphatic heterocycles. The fraction of sp³-hybridized carbons (Fsp3) is 0.444. The molecule has 84 valence electrons. The molecule has 0 saturated carbocycles. The van der Waals surface area contributed by atoms with Gasteiger partial charge in [0.15, 0.2) is 0 Å². The lowest BCUT2D eigenvalue weighted by molar-refractivity contribution is 0.295. The van der Waals surface area contributed by atoms with Crippen LogP contribution in [0.1, 0.15) is 12.1 Å². The Kier molecular flexibility index (Phi) is 4.05. The van der Waals surface area contributed by atoms with Crippen LogP contribution in [0.3, 0.4) is 0 Å². The van der Waals surface area contributed by atoms with Crippen molar-refractivity contribution in [3.05, 3.63) is 24.0 Å². The van der Waals surface area contributed by atoms with Crippen LogP contribution in [-0.2, 0) is 10.0 Å². The summed E-state index contributed by atoms with van der Waals surface area (Å²) in [5.41, 5.74) is 1.27. The second-order valence-corrected chi connectivity index (χ2v) is 5.03. The lowest BCUT2D eigenvalue weighted by Gasteiger charge is -2.06. The van der Waals surface area contributed by atoms with Crippen molar-refractivity contribution in [1.29, 1.82) is 0 Å². The molecule has 0 aliphatic rings. The summed E-state index contributed by atoms with van der Waals surface area (Å²) >= 11 is 0. The summed E-state index contributed by atoms with van der Waals surface area (Å²) in [6, 6.07) is 3.38. The van der Waals surface area contributed by atoms with Gasteiger partial charge in [-0.15, -0.1) is 0 Å². The fourth-order valence-electron chi connectivity index (χ4n) is 1.01. The molecule has 6 heteroatoms. The molecule has 15 heavy (non-hydrogen) atoms. The number of hydrogen-bond donors (Lipinski definition) is 2. The number of aliphatic hydroxyl groups is 1. The zero-order valence-electron chi connectivity index (χ0n) is 8.47. The Hall–Kier alpha value is -1.14. The lowest BCUT2D eigenvalue weighted by atomic mass is 10.4. The van der Waals surface area contributed by atoms with Gasteiger partial charge in [-0.2, -0.15) is 0 Å². The van der Waals surface area contributed by atoms with Gasteiger partial charge in [-0.05, 0) is 25.5 Å². The molecule has 0 unspecified atom stereocenters. The van der Waals surface area contributed by atoms with Gasteiger partial charge in [0.05, 0.1) is 17.6 Å². The van der Waals surface area contributed by atoms with Crippen LogP contribution >= 0.6 is 0 Å². The number of aryl methyl sites for hydroxylation is 1. The predicted octanol–water partition coefficient (Wildman–Crippen LogP) is 0.514. The van der Waals surface area contributed by atoms with Crippen molar-refractivity contribution in [2.75, 3.05) is 17.1 Å². The zero-order valence-corrected chi connectivity index (χ0v) is 9.29. The first-order valence-corrected chi connectivity index (χ1v) is 6.23. The van der Waals surface area contributed by atoms with Crippen molar-refractivity contribution >= 4 is 15.7 Å². The first-order valence-electron chi connectivity index (χ1n) is 4.57. The summed E-state index contributed by atoms with van der Waals surface area (Å²) in [6.45, 7) is 1.69. The van der Waals surface area contributed by atoms with Crippen LogP contribution < -0.4 is 4.72 Å². The smallest absolute Gasteiger partial charge is 0.232 e. The topological polar surface area (TPSA) is 79.3 Å². The van der Waals surface area contributed by atoms with Gasteiger partial charge >= 0.3 is 0 Å². The van der Waals surface area contributed by atoms with Crippen molar-refractivity contribution in [1.82, 2.24) is 4.98 Å². The van der Waals surface area contributed by atoms with Gasteiger partial charge in [0.2, 0.25) is 10.0 Å². The Morgan fingerprint density at radius 2 is 2.20 bits per heavy atom. The average Bonchev–Trinajstić information content (AvgIpc) is 2.18. The van der Waals surface area contributed by atoms with E-state index in [1.807, 2.05) is 6.92 Å². The van der Waals surface area contributed by atoms with Crippen LogP contribution in [0.4, 0.5) is 5.69 Å². The summed E-state index contributed by atoms with van der Waals surface area (Å²) in [4.78, 5) is 3.97. The molecule has 2 N–H and O–H groups in total. The van der Waals surface area contributed by atoms with Crippen LogP contribution in [0.15, 0.2) is 18.3 Å². The average molecular weight is 230 g/mol. The molecule has 0 bridgehead atoms. The van der Waals surface area contributed by atoms with E-state index in [2.05, 4.69) is 9.71 Å². The summed E-state index contributed by atoms with van der Waals surface area (Å²) < 4.78 is 25.2. The van der Waals surface area contributed by atoms with Crippen LogP contribution in [0.2, 0.25) is 0 Å². The molecular weight excluding hydrogens is 216 g/mol. The van der Waals surface area contributed by atoms with E-state index >= 15 is 0 Å². The number of nitrogens with one attached hydrogen (secondary N) is 1. The van der Waals surface area contributed by atoms with Crippen molar-refractivity contribution in [2.24, 2.45) is 0 Å². The number of anilines is 1. The van der Waals surface area contributed by atoms with E-state index in [1.165, 1.54) is 6.20 Å². The van der Waals surface area contributed by atoms with Crippen LogP contribution in [0.25, 0.3) is 0 Å². The maximum Gasteiger partial charge on any atom is 0.232 e. The lowest BCUT2D eigenvalue weighted by Crippen LogP contribution is -2.17. The molecule has 1 aromatic rings. The molecule has 0 atom stereocenters. The largest absolute Gasteiger partial charge is 0.396 e. The highest BCUT2D eigenvalue weighted by molar-refractivity contribution is 7.92. The van der Waals surface area contributed by atoms with Gasteiger partial charge in [-0.1, -0.05) is 0 Å². The molecule has 0 spiro atoms. The van der Waals surface area contributed by atoms with E-state index in [4.69, 9.17) is 5.11 Å². The number of rotatable bonds is 5. The minimum atomic E-state index is -3.36.